The van der Waals surface area contributed by atoms with Gasteiger partial charge in [-0.1, -0.05) is 28.9 Å². The third kappa shape index (κ3) is 3.83. The summed E-state index contributed by atoms with van der Waals surface area (Å²) in [5, 5.41) is 13.8. The van der Waals surface area contributed by atoms with Crippen LogP contribution in [0.3, 0.4) is 0 Å². The minimum absolute atomic E-state index is 0.466. The van der Waals surface area contributed by atoms with Gasteiger partial charge in [0, 0.05) is 22.2 Å². The van der Waals surface area contributed by atoms with Gasteiger partial charge in [-0.05, 0) is 50.2 Å². The number of aromatic nitrogens is 1. The van der Waals surface area contributed by atoms with Gasteiger partial charge in [-0.3, -0.25) is 0 Å². The summed E-state index contributed by atoms with van der Waals surface area (Å²) >= 11 is 5.89. The molecule has 0 bridgehead atoms. The van der Waals surface area contributed by atoms with E-state index in [4.69, 9.17) is 26.0 Å². The average Bonchev–Trinajstić information content (AvgIpc) is 3.06. The molecule has 2 aromatic carbocycles. The highest BCUT2D eigenvalue weighted by Gasteiger charge is 2.29. The monoisotopic (exact) mass is 357 g/mol. The highest BCUT2D eigenvalue weighted by molar-refractivity contribution is 6.30. The molecule has 3 aromatic rings. The minimum Gasteiger partial charge on any atom is -0.478 e. The van der Waals surface area contributed by atoms with Crippen LogP contribution >= 0.6 is 11.6 Å². The molecular formula is C19H16ClNO4. The van der Waals surface area contributed by atoms with Crippen molar-refractivity contribution in [1.82, 2.24) is 5.16 Å². The fourth-order valence-electron chi connectivity index (χ4n) is 2.19. The molecular weight excluding hydrogens is 342 g/mol. The van der Waals surface area contributed by atoms with E-state index in [-0.39, 0.29) is 0 Å². The van der Waals surface area contributed by atoms with E-state index in [9.17, 15) is 4.79 Å². The lowest BCUT2D eigenvalue weighted by Gasteiger charge is -2.21. The predicted molar refractivity (Wildman–Crippen MR) is 94.7 cm³/mol. The van der Waals surface area contributed by atoms with E-state index in [1.54, 1.807) is 36.4 Å². The Morgan fingerprint density at radius 1 is 1.08 bits per heavy atom. The van der Waals surface area contributed by atoms with Gasteiger partial charge in [-0.15, -0.1) is 0 Å². The van der Waals surface area contributed by atoms with E-state index >= 15 is 0 Å². The number of carbonyl (C=O) groups is 1. The molecule has 0 radical (unpaired) electrons. The van der Waals surface area contributed by atoms with Crippen molar-refractivity contribution in [2.75, 3.05) is 0 Å². The van der Waals surface area contributed by atoms with Gasteiger partial charge < -0.3 is 14.4 Å². The van der Waals surface area contributed by atoms with Crippen molar-refractivity contribution in [2.45, 2.75) is 19.4 Å². The van der Waals surface area contributed by atoms with Gasteiger partial charge in [0.2, 0.25) is 0 Å². The normalized spacial score (nSPS) is 11.3. The first kappa shape index (κ1) is 17.0. The second-order valence-electron chi connectivity index (χ2n) is 6.03. The Morgan fingerprint density at radius 3 is 2.28 bits per heavy atom. The first-order chi connectivity index (χ1) is 11.8. The van der Waals surface area contributed by atoms with Crippen LogP contribution in [0.25, 0.3) is 22.6 Å². The van der Waals surface area contributed by atoms with Crippen molar-refractivity contribution in [1.29, 1.82) is 0 Å². The first-order valence-electron chi connectivity index (χ1n) is 7.61. The van der Waals surface area contributed by atoms with E-state index in [2.05, 4.69) is 5.16 Å². The number of hydrogen-bond acceptors (Lipinski definition) is 4. The molecule has 5 nitrogen and oxygen atoms in total. The molecule has 0 aliphatic rings. The standard InChI is InChI=1S/C19H16ClNO4/c1-19(2,18(22)23)24-15-9-5-13(6-10-15)17-11-16(21-25-17)12-3-7-14(20)8-4-12/h3-11H,1-2H3,(H,22,23). The van der Waals surface area contributed by atoms with E-state index < -0.39 is 11.6 Å². The van der Waals surface area contributed by atoms with Crippen LogP contribution in [0.15, 0.2) is 59.1 Å². The van der Waals surface area contributed by atoms with Crippen molar-refractivity contribution in [3.8, 4) is 28.3 Å². The number of carboxylic acid groups (broad SMARTS) is 1. The molecule has 0 aliphatic carbocycles. The molecule has 0 amide bonds. The van der Waals surface area contributed by atoms with Gasteiger partial charge in [0.1, 0.15) is 11.4 Å². The Balaban J connectivity index is 1.79. The van der Waals surface area contributed by atoms with E-state index in [1.165, 1.54) is 13.8 Å². The summed E-state index contributed by atoms with van der Waals surface area (Å²) in [5.74, 6) is 0.0435. The lowest BCUT2D eigenvalue weighted by atomic mass is 10.1. The van der Waals surface area contributed by atoms with Gasteiger partial charge in [0.05, 0.1) is 0 Å². The van der Waals surface area contributed by atoms with E-state index in [0.29, 0.717) is 22.2 Å². The third-order valence-corrected chi connectivity index (χ3v) is 3.93. The second-order valence-corrected chi connectivity index (χ2v) is 6.46. The van der Waals surface area contributed by atoms with Crippen LogP contribution in [0.2, 0.25) is 5.02 Å². The summed E-state index contributed by atoms with van der Waals surface area (Å²) in [7, 11) is 0. The van der Waals surface area contributed by atoms with Crippen molar-refractivity contribution in [3.05, 3.63) is 59.6 Å². The smallest absolute Gasteiger partial charge is 0.347 e. The second kappa shape index (κ2) is 6.61. The van der Waals surface area contributed by atoms with Crippen LogP contribution in [-0.2, 0) is 4.79 Å². The number of halogens is 1. The van der Waals surface area contributed by atoms with Gasteiger partial charge in [-0.2, -0.15) is 0 Å². The molecule has 0 fully saturated rings. The molecule has 1 aromatic heterocycles. The number of ether oxygens (including phenoxy) is 1. The molecule has 0 spiro atoms. The molecule has 1 N–H and O–H groups in total. The van der Waals surface area contributed by atoms with Gasteiger partial charge in [0.25, 0.3) is 0 Å². The van der Waals surface area contributed by atoms with Crippen molar-refractivity contribution in [3.63, 3.8) is 0 Å². The largest absolute Gasteiger partial charge is 0.478 e. The molecule has 3 rings (SSSR count). The number of benzene rings is 2. The van der Waals surface area contributed by atoms with Crippen LogP contribution < -0.4 is 4.74 Å². The zero-order valence-electron chi connectivity index (χ0n) is 13.7. The Hall–Kier alpha value is -2.79. The predicted octanol–water partition coefficient (Wildman–Crippen LogP) is 4.90. The average molecular weight is 358 g/mol. The Bertz CT molecular complexity index is 883. The topological polar surface area (TPSA) is 72.6 Å². The summed E-state index contributed by atoms with van der Waals surface area (Å²) < 4.78 is 10.9. The Morgan fingerprint density at radius 2 is 1.68 bits per heavy atom. The highest BCUT2D eigenvalue weighted by atomic mass is 35.5. The summed E-state index contributed by atoms with van der Waals surface area (Å²) in [4.78, 5) is 11.1. The summed E-state index contributed by atoms with van der Waals surface area (Å²) in [6.07, 6.45) is 0. The summed E-state index contributed by atoms with van der Waals surface area (Å²) in [6.45, 7) is 3.00. The number of carboxylic acids is 1. The summed E-state index contributed by atoms with van der Waals surface area (Å²) in [6, 6.07) is 16.1. The molecule has 0 unspecified atom stereocenters. The maximum Gasteiger partial charge on any atom is 0.347 e. The molecule has 6 heteroatoms. The van der Waals surface area contributed by atoms with Crippen molar-refractivity contribution in [2.24, 2.45) is 0 Å². The Kier molecular flexibility index (Phi) is 4.51. The lowest BCUT2D eigenvalue weighted by molar-refractivity contribution is -0.152. The molecule has 0 saturated carbocycles. The van der Waals surface area contributed by atoms with E-state index in [1.807, 2.05) is 18.2 Å². The van der Waals surface area contributed by atoms with Crippen LogP contribution in [-0.4, -0.2) is 21.8 Å². The fraction of sp³-hybridized carbons (Fsp3) is 0.158. The van der Waals surface area contributed by atoms with Crippen LogP contribution in [0.5, 0.6) is 5.75 Å². The third-order valence-electron chi connectivity index (χ3n) is 3.68. The number of hydrogen-bond donors (Lipinski definition) is 1. The Labute approximate surface area is 149 Å². The van der Waals surface area contributed by atoms with Crippen LogP contribution in [0.1, 0.15) is 13.8 Å². The number of nitrogens with zero attached hydrogens (tertiary/aromatic N) is 1. The van der Waals surface area contributed by atoms with E-state index in [0.717, 1.165) is 11.1 Å². The molecule has 25 heavy (non-hydrogen) atoms. The molecule has 1 heterocycles. The SMILES string of the molecule is CC(C)(Oc1ccc(-c2cc(-c3ccc(Cl)cc3)no2)cc1)C(=O)O. The maximum atomic E-state index is 11.1. The molecule has 128 valence electrons. The van der Waals surface area contributed by atoms with Crippen LogP contribution in [0, 0.1) is 0 Å². The fourth-order valence-corrected chi connectivity index (χ4v) is 2.32. The zero-order chi connectivity index (χ0) is 18.0. The molecule has 0 atom stereocenters. The van der Waals surface area contributed by atoms with Gasteiger partial charge in [-0.25, -0.2) is 4.79 Å². The first-order valence-corrected chi connectivity index (χ1v) is 7.98. The quantitative estimate of drug-likeness (QED) is 0.702. The minimum atomic E-state index is -1.30. The van der Waals surface area contributed by atoms with Crippen molar-refractivity contribution < 1.29 is 19.2 Å². The number of aliphatic carboxylic acids is 1. The maximum absolute atomic E-state index is 11.1. The molecule has 0 aliphatic heterocycles. The summed E-state index contributed by atoms with van der Waals surface area (Å²) in [5.41, 5.74) is 1.13. The zero-order valence-corrected chi connectivity index (χ0v) is 14.4. The van der Waals surface area contributed by atoms with Crippen molar-refractivity contribution >= 4 is 17.6 Å². The number of rotatable bonds is 5. The van der Waals surface area contributed by atoms with Gasteiger partial charge in [0.15, 0.2) is 11.4 Å². The van der Waals surface area contributed by atoms with Gasteiger partial charge >= 0.3 is 5.97 Å². The van der Waals surface area contributed by atoms with Crippen LogP contribution in [0.4, 0.5) is 0 Å². The highest BCUT2D eigenvalue weighted by Crippen LogP contribution is 2.28. The lowest BCUT2D eigenvalue weighted by Crippen LogP contribution is -2.37. The molecule has 0 saturated heterocycles.